The first-order chi connectivity index (χ1) is 14.5. The molecule has 2 aliphatic rings. The fourth-order valence-electron chi connectivity index (χ4n) is 4.73. The third kappa shape index (κ3) is 3.41. The van der Waals surface area contributed by atoms with E-state index >= 15 is 0 Å². The number of carbonyl (C=O) groups excluding carboxylic acids is 1. The Bertz CT molecular complexity index is 1130. The molecule has 3 nitrogen and oxygen atoms in total. The van der Waals surface area contributed by atoms with Crippen LogP contribution >= 0.6 is 23.2 Å². The van der Waals surface area contributed by atoms with Crippen LogP contribution in [0.5, 0.6) is 0 Å². The van der Waals surface area contributed by atoms with Crippen LogP contribution in [0.3, 0.4) is 0 Å². The molecular formula is C25H21Cl2NO2. The molecule has 0 aromatic heterocycles. The lowest BCUT2D eigenvalue weighted by atomic mass is 9.79. The summed E-state index contributed by atoms with van der Waals surface area (Å²) in [5, 5.41) is 12.4. The highest BCUT2D eigenvalue weighted by Crippen LogP contribution is 2.46. The lowest BCUT2D eigenvalue weighted by Gasteiger charge is -2.39. The summed E-state index contributed by atoms with van der Waals surface area (Å²) in [4.78, 5) is 14.9. The second kappa shape index (κ2) is 7.73. The molecule has 30 heavy (non-hydrogen) atoms. The predicted octanol–water partition coefficient (Wildman–Crippen LogP) is 5.89. The van der Waals surface area contributed by atoms with E-state index in [1.54, 1.807) is 12.1 Å². The minimum Gasteiger partial charge on any atom is -0.384 e. The molecule has 1 N–H and O–H groups in total. The molecule has 152 valence electrons. The fraction of sp³-hybridized carbons (Fsp3) is 0.240. The molecule has 5 rings (SSSR count). The summed E-state index contributed by atoms with van der Waals surface area (Å²) in [5.74, 6) is 0.0797. The highest BCUT2D eigenvalue weighted by molar-refractivity contribution is 6.30. The van der Waals surface area contributed by atoms with Crippen molar-refractivity contribution in [2.45, 2.75) is 31.3 Å². The number of carbonyl (C=O) groups is 1. The molecule has 3 aromatic rings. The lowest BCUT2D eigenvalue weighted by molar-refractivity contribution is -0.119. The van der Waals surface area contributed by atoms with Crippen LogP contribution in [0, 0.1) is 0 Å². The van der Waals surface area contributed by atoms with Crippen molar-refractivity contribution < 1.29 is 9.90 Å². The number of anilines is 1. The van der Waals surface area contributed by atoms with Crippen LogP contribution in [0.4, 0.5) is 5.69 Å². The normalized spacial score (nSPS) is 18.8. The molecule has 0 aliphatic carbocycles. The molecule has 0 saturated carbocycles. The van der Waals surface area contributed by atoms with Gasteiger partial charge in [-0.3, -0.25) is 4.79 Å². The van der Waals surface area contributed by atoms with Crippen LogP contribution < -0.4 is 4.90 Å². The molecule has 0 radical (unpaired) electrons. The largest absolute Gasteiger partial charge is 0.384 e. The number of hydrogen-bond acceptors (Lipinski definition) is 2. The third-order valence-electron chi connectivity index (χ3n) is 6.15. The van der Waals surface area contributed by atoms with Crippen LogP contribution in [0.25, 0.3) is 0 Å². The highest BCUT2D eigenvalue weighted by atomic mass is 35.5. The molecule has 0 fully saturated rings. The molecule has 3 aromatic carbocycles. The van der Waals surface area contributed by atoms with Gasteiger partial charge in [0.2, 0.25) is 5.91 Å². The van der Waals surface area contributed by atoms with Gasteiger partial charge < -0.3 is 10.0 Å². The molecular weight excluding hydrogens is 417 g/mol. The average molecular weight is 438 g/mol. The van der Waals surface area contributed by atoms with Crippen molar-refractivity contribution in [1.82, 2.24) is 0 Å². The van der Waals surface area contributed by atoms with Crippen molar-refractivity contribution >= 4 is 34.8 Å². The van der Waals surface area contributed by atoms with E-state index < -0.39 is 6.10 Å². The van der Waals surface area contributed by atoms with E-state index in [9.17, 15) is 9.90 Å². The summed E-state index contributed by atoms with van der Waals surface area (Å²) in [6.45, 7) is 0.750. The minimum absolute atomic E-state index is 0.0725. The second-order valence-corrected chi connectivity index (χ2v) is 8.91. The molecule has 2 heterocycles. The van der Waals surface area contributed by atoms with E-state index in [0.29, 0.717) is 16.5 Å². The molecule has 0 spiro atoms. The van der Waals surface area contributed by atoms with Crippen LogP contribution in [-0.4, -0.2) is 17.6 Å². The zero-order chi connectivity index (χ0) is 20.8. The van der Waals surface area contributed by atoms with Gasteiger partial charge >= 0.3 is 0 Å². The smallest absolute Gasteiger partial charge is 0.227 e. The van der Waals surface area contributed by atoms with Crippen LogP contribution in [0.2, 0.25) is 10.0 Å². The van der Waals surface area contributed by atoms with Gasteiger partial charge in [0, 0.05) is 28.9 Å². The number of hydrogen-bond donors (Lipinski definition) is 1. The van der Waals surface area contributed by atoms with Gasteiger partial charge in [0.25, 0.3) is 0 Å². The van der Waals surface area contributed by atoms with Crippen molar-refractivity contribution in [3.63, 3.8) is 0 Å². The van der Waals surface area contributed by atoms with Gasteiger partial charge in [0.05, 0.1) is 5.69 Å². The number of amides is 1. The summed E-state index contributed by atoms with van der Waals surface area (Å²) in [7, 11) is 0. The quantitative estimate of drug-likeness (QED) is 0.554. The van der Waals surface area contributed by atoms with Crippen LogP contribution in [-0.2, 0) is 11.2 Å². The zero-order valence-electron chi connectivity index (χ0n) is 16.3. The van der Waals surface area contributed by atoms with Gasteiger partial charge in [0.15, 0.2) is 0 Å². The second-order valence-electron chi connectivity index (χ2n) is 8.03. The van der Waals surface area contributed by atoms with Gasteiger partial charge in [-0.15, -0.1) is 0 Å². The summed E-state index contributed by atoms with van der Waals surface area (Å²) in [6, 6.07) is 19.1. The Hall–Kier alpha value is -2.33. The highest BCUT2D eigenvalue weighted by Gasteiger charge is 2.36. The van der Waals surface area contributed by atoms with E-state index in [4.69, 9.17) is 23.2 Å². The molecule has 1 amide bonds. The van der Waals surface area contributed by atoms with Crippen molar-refractivity contribution in [3.05, 3.63) is 98.5 Å². The van der Waals surface area contributed by atoms with Gasteiger partial charge in [0.1, 0.15) is 6.10 Å². The summed E-state index contributed by atoms with van der Waals surface area (Å²) >= 11 is 12.3. The summed E-state index contributed by atoms with van der Waals surface area (Å²) < 4.78 is 0. The van der Waals surface area contributed by atoms with Crippen molar-refractivity contribution in [1.29, 1.82) is 0 Å². The first kappa shape index (κ1) is 19.6. The number of nitrogens with zero attached hydrogens (tertiary/aromatic N) is 1. The molecule has 0 saturated heterocycles. The topological polar surface area (TPSA) is 40.5 Å². The van der Waals surface area contributed by atoms with E-state index in [-0.39, 0.29) is 11.8 Å². The van der Waals surface area contributed by atoms with Gasteiger partial charge in [-0.25, -0.2) is 0 Å². The van der Waals surface area contributed by atoms with E-state index in [0.717, 1.165) is 52.9 Å². The standard InChI is InChI=1S/C25H21Cl2NO2/c26-19-8-6-15(7-9-19)25(30)18-11-17-4-2-10-28-23(29)14-21(22(13-18)24(17)28)16-3-1-5-20(27)12-16/h1,3,5-9,11-13,21,25,30H,2,4,10,14H2. The number of aliphatic hydroxyl groups is 1. The molecule has 0 bridgehead atoms. The first-order valence-electron chi connectivity index (χ1n) is 10.2. The molecule has 5 heteroatoms. The molecule has 2 aliphatic heterocycles. The van der Waals surface area contributed by atoms with Crippen molar-refractivity contribution in [2.75, 3.05) is 11.4 Å². The summed E-state index contributed by atoms with van der Waals surface area (Å²) in [5.41, 5.74) is 5.91. The average Bonchev–Trinajstić information content (AvgIpc) is 2.76. The van der Waals surface area contributed by atoms with Crippen LogP contribution in [0.1, 0.15) is 52.7 Å². The Balaban J connectivity index is 1.66. The van der Waals surface area contributed by atoms with E-state index in [1.807, 2.05) is 41.3 Å². The Morgan fingerprint density at radius 3 is 2.53 bits per heavy atom. The van der Waals surface area contributed by atoms with Gasteiger partial charge in [-0.05, 0) is 64.9 Å². The number of aliphatic hydroxyl groups excluding tert-OH is 1. The van der Waals surface area contributed by atoms with Crippen molar-refractivity contribution in [3.8, 4) is 0 Å². The Morgan fingerprint density at radius 2 is 1.77 bits per heavy atom. The molecule has 2 atom stereocenters. The number of benzene rings is 3. The maximum atomic E-state index is 12.9. The Labute approximate surface area is 185 Å². The summed E-state index contributed by atoms with van der Waals surface area (Å²) in [6.07, 6.45) is 1.49. The Morgan fingerprint density at radius 1 is 0.967 bits per heavy atom. The van der Waals surface area contributed by atoms with E-state index in [2.05, 4.69) is 12.1 Å². The van der Waals surface area contributed by atoms with Crippen molar-refractivity contribution in [2.24, 2.45) is 0 Å². The maximum Gasteiger partial charge on any atom is 0.227 e. The van der Waals surface area contributed by atoms with E-state index in [1.165, 1.54) is 0 Å². The number of aryl methyl sites for hydroxylation is 1. The van der Waals surface area contributed by atoms with Crippen LogP contribution in [0.15, 0.2) is 60.7 Å². The first-order valence-corrected chi connectivity index (χ1v) is 10.9. The SMILES string of the molecule is O=C1CC(c2cccc(Cl)c2)c2cc(C(O)c3ccc(Cl)cc3)cc3c2N1CCC3. The molecule has 2 unspecified atom stereocenters. The predicted molar refractivity (Wildman–Crippen MR) is 121 cm³/mol. The number of rotatable bonds is 3. The Kier molecular flexibility index (Phi) is 5.06. The lowest BCUT2D eigenvalue weighted by Crippen LogP contribution is -2.40. The minimum atomic E-state index is -0.753. The van der Waals surface area contributed by atoms with Gasteiger partial charge in [-0.1, -0.05) is 59.6 Å². The fourth-order valence-corrected chi connectivity index (χ4v) is 5.05. The third-order valence-corrected chi connectivity index (χ3v) is 6.63. The monoisotopic (exact) mass is 437 g/mol. The number of halogens is 2. The zero-order valence-corrected chi connectivity index (χ0v) is 17.8. The maximum absolute atomic E-state index is 12.9. The van der Waals surface area contributed by atoms with Gasteiger partial charge in [-0.2, -0.15) is 0 Å².